The maximum atomic E-state index is 12.5. The Labute approximate surface area is 122 Å². The summed E-state index contributed by atoms with van der Waals surface area (Å²) in [5.41, 5.74) is 8.79. The van der Waals surface area contributed by atoms with Crippen molar-refractivity contribution in [1.29, 1.82) is 0 Å². The minimum absolute atomic E-state index is 0.104. The Bertz CT molecular complexity index is 689. The van der Waals surface area contributed by atoms with Gasteiger partial charge in [-0.3, -0.25) is 4.79 Å². The van der Waals surface area contributed by atoms with Crippen molar-refractivity contribution in [2.45, 2.75) is 33.4 Å². The molecular weight excluding hydrogens is 270 g/mol. The van der Waals surface area contributed by atoms with Gasteiger partial charge in [0.05, 0.1) is 17.9 Å². The monoisotopic (exact) mass is 287 g/mol. The SMILES string of the molecule is Cc1noc(C)c1CN1C(=O)[C@H](C)Oc2ccc(N)cc21. The van der Waals surface area contributed by atoms with Crippen molar-refractivity contribution >= 4 is 17.3 Å². The van der Waals surface area contributed by atoms with E-state index in [2.05, 4.69) is 5.16 Å². The van der Waals surface area contributed by atoms with Gasteiger partial charge in [-0.05, 0) is 39.0 Å². The quantitative estimate of drug-likeness (QED) is 0.856. The second kappa shape index (κ2) is 4.80. The molecule has 2 aromatic rings. The second-order valence-corrected chi connectivity index (χ2v) is 5.21. The maximum Gasteiger partial charge on any atom is 0.268 e. The Kier molecular flexibility index (Phi) is 3.08. The highest BCUT2D eigenvalue weighted by atomic mass is 16.5. The van der Waals surface area contributed by atoms with Crippen LogP contribution in [0, 0.1) is 13.8 Å². The van der Waals surface area contributed by atoms with Gasteiger partial charge < -0.3 is 19.9 Å². The fourth-order valence-corrected chi connectivity index (χ4v) is 2.47. The van der Waals surface area contributed by atoms with E-state index in [0.29, 0.717) is 29.4 Å². The fraction of sp³-hybridized carbons (Fsp3) is 0.333. The standard InChI is InChI=1S/C15H17N3O3/c1-8-12(9(2)21-17-8)7-18-13-6-11(16)4-5-14(13)20-10(3)15(18)19/h4-6,10H,7,16H2,1-3H3/t10-/m0/s1. The van der Waals surface area contributed by atoms with Crippen molar-refractivity contribution in [3.63, 3.8) is 0 Å². The number of nitrogens with two attached hydrogens (primary N) is 1. The van der Waals surface area contributed by atoms with Crippen LogP contribution >= 0.6 is 0 Å². The predicted molar refractivity (Wildman–Crippen MR) is 78.1 cm³/mol. The maximum absolute atomic E-state index is 12.5. The van der Waals surface area contributed by atoms with E-state index in [0.717, 1.165) is 11.3 Å². The van der Waals surface area contributed by atoms with Crippen molar-refractivity contribution in [1.82, 2.24) is 5.16 Å². The van der Waals surface area contributed by atoms with Crippen LogP contribution in [0.5, 0.6) is 5.75 Å². The molecule has 1 amide bonds. The van der Waals surface area contributed by atoms with Crippen LogP contribution in [0.25, 0.3) is 0 Å². The number of anilines is 2. The number of aromatic nitrogens is 1. The first-order chi connectivity index (χ1) is 9.97. The molecule has 2 N–H and O–H groups in total. The molecule has 1 atom stereocenters. The summed E-state index contributed by atoms with van der Waals surface area (Å²) in [6.45, 7) is 5.83. The zero-order chi connectivity index (χ0) is 15.1. The van der Waals surface area contributed by atoms with E-state index in [9.17, 15) is 4.79 Å². The highest BCUT2D eigenvalue weighted by Gasteiger charge is 2.32. The van der Waals surface area contributed by atoms with Gasteiger partial charge in [0.15, 0.2) is 6.10 Å². The minimum Gasteiger partial charge on any atom is -0.479 e. The Morgan fingerprint density at radius 2 is 2.14 bits per heavy atom. The molecule has 0 radical (unpaired) electrons. The lowest BCUT2D eigenvalue weighted by atomic mass is 10.1. The van der Waals surface area contributed by atoms with Crippen LogP contribution in [0.15, 0.2) is 22.7 Å². The molecule has 2 heterocycles. The Morgan fingerprint density at radius 3 is 2.81 bits per heavy atom. The first-order valence-corrected chi connectivity index (χ1v) is 6.76. The number of ether oxygens (including phenoxy) is 1. The van der Waals surface area contributed by atoms with Crippen molar-refractivity contribution in [3.8, 4) is 5.75 Å². The van der Waals surface area contributed by atoms with Gasteiger partial charge in [-0.15, -0.1) is 0 Å². The van der Waals surface area contributed by atoms with E-state index >= 15 is 0 Å². The van der Waals surface area contributed by atoms with Crippen molar-refractivity contribution in [2.24, 2.45) is 0 Å². The second-order valence-electron chi connectivity index (χ2n) is 5.21. The summed E-state index contributed by atoms with van der Waals surface area (Å²) in [6.07, 6.45) is -0.526. The molecular formula is C15H17N3O3. The third kappa shape index (κ3) is 2.22. The van der Waals surface area contributed by atoms with Gasteiger partial charge in [-0.2, -0.15) is 0 Å². The third-order valence-electron chi connectivity index (χ3n) is 3.69. The molecule has 1 aromatic heterocycles. The summed E-state index contributed by atoms with van der Waals surface area (Å²) in [4.78, 5) is 14.1. The number of benzene rings is 1. The average Bonchev–Trinajstić information content (AvgIpc) is 2.76. The van der Waals surface area contributed by atoms with Crippen LogP contribution in [-0.4, -0.2) is 17.2 Å². The number of aryl methyl sites for hydroxylation is 2. The van der Waals surface area contributed by atoms with Crippen LogP contribution in [0.1, 0.15) is 23.9 Å². The molecule has 1 aromatic carbocycles. The summed E-state index contributed by atoms with van der Waals surface area (Å²) in [5, 5.41) is 3.93. The van der Waals surface area contributed by atoms with Gasteiger partial charge in [-0.1, -0.05) is 5.16 Å². The number of amides is 1. The van der Waals surface area contributed by atoms with E-state index in [-0.39, 0.29) is 5.91 Å². The molecule has 0 fully saturated rings. The van der Waals surface area contributed by atoms with Crippen molar-refractivity contribution in [3.05, 3.63) is 35.2 Å². The van der Waals surface area contributed by atoms with E-state index in [4.69, 9.17) is 15.0 Å². The number of nitrogens with zero attached hydrogens (tertiary/aromatic N) is 2. The lowest BCUT2D eigenvalue weighted by Gasteiger charge is -2.33. The highest BCUT2D eigenvalue weighted by Crippen LogP contribution is 2.37. The number of nitrogen functional groups attached to an aromatic ring is 1. The normalized spacial score (nSPS) is 17.6. The first-order valence-electron chi connectivity index (χ1n) is 6.76. The Morgan fingerprint density at radius 1 is 1.38 bits per heavy atom. The number of fused-ring (bicyclic) bond motifs is 1. The van der Waals surface area contributed by atoms with Crippen molar-refractivity contribution < 1.29 is 14.1 Å². The van der Waals surface area contributed by atoms with E-state index in [1.54, 1.807) is 30.0 Å². The summed E-state index contributed by atoms with van der Waals surface area (Å²) >= 11 is 0. The van der Waals surface area contributed by atoms with Crippen LogP contribution in [0.2, 0.25) is 0 Å². The van der Waals surface area contributed by atoms with Crippen LogP contribution in [0.4, 0.5) is 11.4 Å². The molecule has 0 bridgehead atoms. The zero-order valence-electron chi connectivity index (χ0n) is 12.2. The van der Waals surface area contributed by atoms with Gasteiger partial charge in [0.2, 0.25) is 0 Å². The topological polar surface area (TPSA) is 81.6 Å². The summed E-state index contributed by atoms with van der Waals surface area (Å²) < 4.78 is 10.8. The number of hydrogen-bond donors (Lipinski definition) is 1. The first kappa shape index (κ1) is 13.5. The molecule has 0 spiro atoms. The Hall–Kier alpha value is -2.50. The molecule has 0 aliphatic carbocycles. The van der Waals surface area contributed by atoms with Gasteiger partial charge in [0.1, 0.15) is 11.5 Å². The molecule has 6 nitrogen and oxygen atoms in total. The molecule has 0 saturated carbocycles. The number of rotatable bonds is 2. The summed E-state index contributed by atoms with van der Waals surface area (Å²) in [6, 6.07) is 5.29. The number of carbonyl (C=O) groups excluding carboxylic acids is 1. The van der Waals surface area contributed by atoms with Crippen LogP contribution < -0.4 is 15.4 Å². The lowest BCUT2D eigenvalue weighted by molar-refractivity contribution is -0.125. The Balaban J connectivity index is 2.04. The largest absolute Gasteiger partial charge is 0.479 e. The molecule has 3 rings (SSSR count). The van der Waals surface area contributed by atoms with Crippen LogP contribution in [0.3, 0.4) is 0 Å². The molecule has 1 aliphatic heterocycles. The zero-order valence-corrected chi connectivity index (χ0v) is 12.2. The van der Waals surface area contributed by atoms with E-state index in [1.165, 1.54) is 0 Å². The minimum atomic E-state index is -0.526. The molecule has 0 unspecified atom stereocenters. The van der Waals surface area contributed by atoms with Crippen molar-refractivity contribution in [2.75, 3.05) is 10.6 Å². The molecule has 0 saturated heterocycles. The van der Waals surface area contributed by atoms with Crippen LogP contribution in [-0.2, 0) is 11.3 Å². The fourth-order valence-electron chi connectivity index (χ4n) is 2.47. The van der Waals surface area contributed by atoms with E-state index < -0.39 is 6.10 Å². The van der Waals surface area contributed by atoms with Gasteiger partial charge >= 0.3 is 0 Å². The smallest absolute Gasteiger partial charge is 0.268 e. The summed E-state index contributed by atoms with van der Waals surface area (Å²) in [7, 11) is 0. The lowest BCUT2D eigenvalue weighted by Crippen LogP contribution is -2.44. The number of hydrogen-bond acceptors (Lipinski definition) is 5. The van der Waals surface area contributed by atoms with Gasteiger partial charge in [-0.25, -0.2) is 0 Å². The predicted octanol–water partition coefficient (Wildman–Crippen LogP) is 2.19. The van der Waals surface area contributed by atoms with Gasteiger partial charge in [0, 0.05) is 11.3 Å². The van der Waals surface area contributed by atoms with E-state index in [1.807, 2.05) is 13.8 Å². The summed E-state index contributed by atoms with van der Waals surface area (Å²) in [5.74, 6) is 1.26. The number of carbonyl (C=O) groups is 1. The third-order valence-corrected chi connectivity index (χ3v) is 3.69. The molecule has 6 heteroatoms. The average molecular weight is 287 g/mol. The van der Waals surface area contributed by atoms with Gasteiger partial charge in [0.25, 0.3) is 5.91 Å². The molecule has 110 valence electrons. The molecule has 21 heavy (non-hydrogen) atoms. The molecule has 1 aliphatic rings. The highest BCUT2D eigenvalue weighted by molar-refractivity contribution is 6.00.